The lowest BCUT2D eigenvalue weighted by molar-refractivity contribution is -0.124. The summed E-state index contributed by atoms with van der Waals surface area (Å²) in [7, 11) is 0. The minimum Gasteiger partial charge on any atom is -0.351 e. The Kier molecular flexibility index (Phi) is 6.37. The van der Waals surface area contributed by atoms with Crippen LogP contribution in [-0.2, 0) is 9.59 Å². The Hall–Kier alpha value is -3.39. The van der Waals surface area contributed by atoms with Gasteiger partial charge in [0.15, 0.2) is 5.78 Å². The number of ketones is 2. The number of halogens is 2. The summed E-state index contributed by atoms with van der Waals surface area (Å²) in [4.78, 5) is 41.8. The molecule has 1 saturated carbocycles. The van der Waals surface area contributed by atoms with Crippen molar-refractivity contribution in [2.24, 2.45) is 5.92 Å². The first kappa shape index (κ1) is 22.8. The first-order chi connectivity index (χ1) is 15.7. The quantitative estimate of drug-likeness (QED) is 0.556. The van der Waals surface area contributed by atoms with E-state index in [4.69, 9.17) is 11.6 Å². The number of aryl methyl sites for hydroxylation is 2. The Labute approximate surface area is 195 Å². The molecule has 1 aliphatic rings. The van der Waals surface area contributed by atoms with Gasteiger partial charge in [0.1, 0.15) is 23.2 Å². The maximum atomic E-state index is 13.1. The van der Waals surface area contributed by atoms with Crippen LogP contribution in [0.1, 0.15) is 45.9 Å². The summed E-state index contributed by atoms with van der Waals surface area (Å²) in [5, 5.41) is 7.40. The van der Waals surface area contributed by atoms with Gasteiger partial charge in [-0.25, -0.2) is 14.1 Å². The highest BCUT2D eigenvalue weighted by Crippen LogP contribution is 2.37. The molecule has 0 spiro atoms. The Morgan fingerprint density at radius 3 is 2.55 bits per heavy atom. The zero-order chi connectivity index (χ0) is 23.7. The van der Waals surface area contributed by atoms with Crippen molar-refractivity contribution in [1.82, 2.24) is 20.1 Å². The van der Waals surface area contributed by atoms with Crippen molar-refractivity contribution in [3.05, 3.63) is 76.1 Å². The van der Waals surface area contributed by atoms with Crippen LogP contribution < -0.4 is 5.32 Å². The summed E-state index contributed by atoms with van der Waals surface area (Å²) in [6.45, 7) is 3.97. The third-order valence-electron chi connectivity index (χ3n) is 5.88. The van der Waals surface area contributed by atoms with E-state index in [1.165, 1.54) is 6.07 Å². The fraction of sp³-hybridized carbons (Fsp3) is 0.292. The Balaban J connectivity index is 1.45. The van der Waals surface area contributed by atoms with Gasteiger partial charge in [-0.1, -0.05) is 11.6 Å². The summed E-state index contributed by atoms with van der Waals surface area (Å²) in [6, 6.07) is 6.21. The molecule has 170 valence electrons. The molecule has 1 aliphatic carbocycles. The average Bonchev–Trinajstić information content (AvgIpc) is 3.32. The van der Waals surface area contributed by atoms with Crippen LogP contribution in [0.2, 0.25) is 5.02 Å². The number of hydrogen-bond acceptors (Lipinski definition) is 5. The predicted molar refractivity (Wildman–Crippen MR) is 120 cm³/mol. The van der Waals surface area contributed by atoms with Gasteiger partial charge in [-0.15, -0.1) is 0 Å². The molecule has 7 nitrogen and oxygen atoms in total. The molecule has 0 saturated heterocycles. The highest BCUT2D eigenvalue weighted by Gasteiger charge is 2.42. The number of nitrogens with zero attached hydrogens (tertiary/aromatic N) is 3. The molecule has 2 atom stereocenters. The molecule has 2 heterocycles. The summed E-state index contributed by atoms with van der Waals surface area (Å²) in [5.74, 6) is -2.50. The monoisotopic (exact) mass is 468 g/mol. The molecule has 0 radical (unpaired) electrons. The minimum absolute atomic E-state index is 0.0907. The van der Waals surface area contributed by atoms with Crippen LogP contribution in [0, 0.1) is 25.6 Å². The van der Waals surface area contributed by atoms with Gasteiger partial charge in [-0.3, -0.25) is 14.4 Å². The molecule has 0 bridgehead atoms. The molecule has 33 heavy (non-hydrogen) atoms. The van der Waals surface area contributed by atoms with E-state index in [0.717, 1.165) is 34.6 Å². The van der Waals surface area contributed by atoms with E-state index in [1.54, 1.807) is 17.1 Å². The Bertz CT molecular complexity index is 1220. The lowest BCUT2D eigenvalue weighted by atomic mass is 9.87. The Morgan fingerprint density at radius 1 is 1.21 bits per heavy atom. The third-order valence-corrected chi connectivity index (χ3v) is 6.07. The van der Waals surface area contributed by atoms with Crippen molar-refractivity contribution in [1.29, 1.82) is 0 Å². The number of pyridine rings is 1. The number of amides is 1. The molecule has 1 fully saturated rings. The van der Waals surface area contributed by atoms with Gasteiger partial charge in [0.05, 0.1) is 23.1 Å². The van der Waals surface area contributed by atoms with Crippen molar-refractivity contribution in [3.63, 3.8) is 0 Å². The molecule has 0 aliphatic heterocycles. The normalized spacial score (nSPS) is 18.1. The van der Waals surface area contributed by atoms with Crippen molar-refractivity contribution >= 4 is 29.1 Å². The van der Waals surface area contributed by atoms with E-state index in [0.29, 0.717) is 11.4 Å². The SMILES string of the molecule is Cc1cc(-n2cc(Cl)cn2)cc(C)c1C1C(=O)CC(CCNC(=O)c2ccc(F)cn2)C1=O. The minimum atomic E-state index is -0.806. The second-order valence-corrected chi connectivity index (χ2v) is 8.64. The third kappa shape index (κ3) is 4.71. The number of hydrogen-bond donors (Lipinski definition) is 1. The van der Waals surface area contributed by atoms with E-state index in [2.05, 4.69) is 15.4 Å². The second kappa shape index (κ2) is 9.23. The number of Topliss-reactive ketones (excluding diaryl/α,β-unsaturated/α-hetero) is 2. The van der Waals surface area contributed by atoms with Crippen LogP contribution in [-0.4, -0.2) is 38.8 Å². The number of nitrogens with one attached hydrogen (secondary N) is 1. The van der Waals surface area contributed by atoms with Gasteiger partial charge >= 0.3 is 0 Å². The maximum Gasteiger partial charge on any atom is 0.269 e. The van der Waals surface area contributed by atoms with Gasteiger partial charge in [-0.05, 0) is 61.2 Å². The molecule has 4 rings (SSSR count). The van der Waals surface area contributed by atoms with Crippen molar-refractivity contribution in [2.45, 2.75) is 32.6 Å². The number of benzene rings is 1. The van der Waals surface area contributed by atoms with Crippen LogP contribution in [0.25, 0.3) is 5.69 Å². The van der Waals surface area contributed by atoms with E-state index < -0.39 is 23.6 Å². The highest BCUT2D eigenvalue weighted by molar-refractivity contribution is 6.30. The van der Waals surface area contributed by atoms with Gasteiger partial charge in [0.2, 0.25) is 0 Å². The maximum absolute atomic E-state index is 13.1. The van der Waals surface area contributed by atoms with E-state index in [1.807, 2.05) is 26.0 Å². The zero-order valence-electron chi connectivity index (χ0n) is 18.1. The van der Waals surface area contributed by atoms with Crippen LogP contribution >= 0.6 is 11.6 Å². The molecule has 2 aromatic heterocycles. The molecule has 3 aromatic rings. The smallest absolute Gasteiger partial charge is 0.269 e. The van der Waals surface area contributed by atoms with Crippen LogP contribution in [0.3, 0.4) is 0 Å². The van der Waals surface area contributed by atoms with Crippen molar-refractivity contribution in [2.75, 3.05) is 6.54 Å². The standard InChI is InChI=1S/C24H22ClFN4O3/c1-13-7-18(30-12-16(25)10-29-30)8-14(2)21(13)22-20(31)9-15(23(22)32)5-6-27-24(33)19-4-3-17(26)11-28-19/h3-4,7-8,10-12,15,22H,5-6,9H2,1-2H3,(H,27,33). The lowest BCUT2D eigenvalue weighted by Crippen LogP contribution is -2.28. The topological polar surface area (TPSA) is 93.9 Å². The summed E-state index contributed by atoms with van der Waals surface area (Å²) >= 11 is 5.96. The van der Waals surface area contributed by atoms with Gasteiger partial charge in [0.25, 0.3) is 5.91 Å². The molecule has 9 heteroatoms. The number of carbonyl (C=O) groups is 3. The number of rotatable bonds is 6. The fourth-order valence-electron chi connectivity index (χ4n) is 4.35. The molecular formula is C24H22ClFN4O3. The summed E-state index contributed by atoms with van der Waals surface area (Å²) in [5.41, 5.74) is 3.29. The highest BCUT2D eigenvalue weighted by atomic mass is 35.5. The molecular weight excluding hydrogens is 447 g/mol. The average molecular weight is 469 g/mol. The largest absolute Gasteiger partial charge is 0.351 e. The first-order valence-electron chi connectivity index (χ1n) is 10.5. The fourth-order valence-corrected chi connectivity index (χ4v) is 4.48. The second-order valence-electron chi connectivity index (χ2n) is 8.21. The van der Waals surface area contributed by atoms with Crippen molar-refractivity contribution in [3.8, 4) is 5.69 Å². The summed E-state index contributed by atoms with van der Waals surface area (Å²) in [6.07, 6.45) is 4.68. The zero-order valence-corrected chi connectivity index (χ0v) is 18.9. The number of carbonyl (C=O) groups excluding carboxylic acids is 3. The van der Waals surface area contributed by atoms with Gasteiger partial charge in [0, 0.05) is 25.1 Å². The molecule has 2 unspecified atom stereocenters. The first-order valence-corrected chi connectivity index (χ1v) is 10.9. The molecule has 1 N–H and O–H groups in total. The van der Waals surface area contributed by atoms with E-state index >= 15 is 0 Å². The van der Waals surface area contributed by atoms with Crippen LogP contribution in [0.15, 0.2) is 42.9 Å². The molecule has 1 amide bonds. The van der Waals surface area contributed by atoms with E-state index in [-0.39, 0.29) is 30.2 Å². The summed E-state index contributed by atoms with van der Waals surface area (Å²) < 4.78 is 14.6. The Morgan fingerprint density at radius 2 is 1.94 bits per heavy atom. The predicted octanol–water partition coefficient (Wildman–Crippen LogP) is 3.74. The van der Waals surface area contributed by atoms with Gasteiger partial charge in [-0.2, -0.15) is 5.10 Å². The van der Waals surface area contributed by atoms with Crippen LogP contribution in [0.4, 0.5) is 4.39 Å². The number of aromatic nitrogens is 3. The lowest BCUT2D eigenvalue weighted by Gasteiger charge is -2.17. The molecule has 1 aromatic carbocycles. The van der Waals surface area contributed by atoms with Crippen molar-refractivity contribution < 1.29 is 18.8 Å². The van der Waals surface area contributed by atoms with Gasteiger partial charge < -0.3 is 5.32 Å². The van der Waals surface area contributed by atoms with E-state index in [9.17, 15) is 18.8 Å². The van der Waals surface area contributed by atoms with Crippen LogP contribution in [0.5, 0.6) is 0 Å².